The lowest BCUT2D eigenvalue weighted by atomic mass is 10.2. The fourth-order valence-electron chi connectivity index (χ4n) is 1.86. The average Bonchev–Trinajstić information content (AvgIpc) is 2.84. The van der Waals surface area contributed by atoms with Crippen molar-refractivity contribution in [1.82, 2.24) is 9.78 Å². The molecule has 0 unspecified atom stereocenters. The Labute approximate surface area is 98.8 Å². The Morgan fingerprint density at radius 3 is 2.50 bits per heavy atom. The van der Waals surface area contributed by atoms with Crippen molar-refractivity contribution >= 4 is 11.6 Å². The highest BCUT2D eigenvalue weighted by Gasteiger charge is 2.42. The summed E-state index contributed by atoms with van der Waals surface area (Å²) >= 11 is 5.86. The van der Waals surface area contributed by atoms with Gasteiger partial charge in [0.05, 0.1) is 16.9 Å². The van der Waals surface area contributed by atoms with Gasteiger partial charge in [-0.2, -0.15) is 5.10 Å². The maximum Gasteiger partial charge on any atom is 0.0650 e. The number of rotatable bonds is 2. The molecule has 1 aliphatic rings. The number of nitrogens with zero attached hydrogens (tertiary/aromatic N) is 2. The Kier molecular flexibility index (Phi) is 2.06. The molecule has 0 bridgehead atoms. The second-order valence-electron chi connectivity index (χ2n) is 4.26. The molecule has 1 saturated carbocycles. The van der Waals surface area contributed by atoms with E-state index in [4.69, 9.17) is 17.3 Å². The molecule has 3 rings (SSSR count). The minimum Gasteiger partial charge on any atom is -0.320 e. The highest BCUT2D eigenvalue weighted by Crippen LogP contribution is 2.43. The van der Waals surface area contributed by atoms with Gasteiger partial charge in [0.1, 0.15) is 0 Å². The Morgan fingerprint density at radius 1 is 1.19 bits per heavy atom. The zero-order valence-corrected chi connectivity index (χ0v) is 9.48. The molecule has 0 spiro atoms. The van der Waals surface area contributed by atoms with Crippen molar-refractivity contribution in [3.05, 3.63) is 47.2 Å². The molecule has 2 N–H and O–H groups in total. The van der Waals surface area contributed by atoms with Gasteiger partial charge < -0.3 is 5.73 Å². The van der Waals surface area contributed by atoms with E-state index in [1.807, 2.05) is 35.0 Å². The van der Waals surface area contributed by atoms with Crippen LogP contribution in [0.2, 0.25) is 5.02 Å². The van der Waals surface area contributed by atoms with Crippen molar-refractivity contribution in [1.29, 1.82) is 0 Å². The quantitative estimate of drug-likeness (QED) is 0.866. The summed E-state index contributed by atoms with van der Waals surface area (Å²) in [5, 5.41) is 5.04. The molecule has 0 saturated heterocycles. The van der Waals surface area contributed by atoms with E-state index in [9.17, 15) is 0 Å². The Hall–Kier alpha value is -1.32. The van der Waals surface area contributed by atoms with Crippen LogP contribution in [0.1, 0.15) is 18.5 Å². The van der Waals surface area contributed by atoms with Crippen LogP contribution in [0.5, 0.6) is 0 Å². The van der Waals surface area contributed by atoms with E-state index in [1.165, 1.54) is 0 Å². The van der Waals surface area contributed by atoms with E-state index in [0.717, 1.165) is 29.2 Å². The van der Waals surface area contributed by atoms with Crippen LogP contribution in [0.4, 0.5) is 0 Å². The molecule has 0 aliphatic heterocycles. The maximum atomic E-state index is 6.19. The van der Waals surface area contributed by atoms with Crippen molar-refractivity contribution in [3.8, 4) is 5.69 Å². The summed E-state index contributed by atoms with van der Waals surface area (Å²) in [5.41, 5.74) is 8.10. The molecule has 16 heavy (non-hydrogen) atoms. The minimum absolute atomic E-state index is 0.170. The number of aromatic nitrogens is 2. The minimum atomic E-state index is -0.170. The predicted molar refractivity (Wildman–Crippen MR) is 63.7 cm³/mol. The van der Waals surface area contributed by atoms with Crippen LogP contribution in [0, 0.1) is 0 Å². The van der Waals surface area contributed by atoms with Crippen LogP contribution in [-0.2, 0) is 5.54 Å². The first-order valence-electron chi connectivity index (χ1n) is 5.28. The lowest BCUT2D eigenvalue weighted by Gasteiger charge is -2.12. The smallest absolute Gasteiger partial charge is 0.0650 e. The molecule has 1 aromatic carbocycles. The molecule has 4 heteroatoms. The molecule has 3 nitrogen and oxygen atoms in total. The van der Waals surface area contributed by atoms with Gasteiger partial charge in [0, 0.05) is 11.2 Å². The van der Waals surface area contributed by atoms with E-state index in [2.05, 4.69) is 5.10 Å². The zero-order chi connectivity index (χ0) is 11.2. The average molecular weight is 234 g/mol. The molecule has 1 aromatic heterocycles. The van der Waals surface area contributed by atoms with Crippen molar-refractivity contribution < 1.29 is 0 Å². The van der Waals surface area contributed by atoms with E-state index in [1.54, 1.807) is 6.20 Å². The number of benzene rings is 1. The molecule has 1 fully saturated rings. The predicted octanol–water partition coefficient (Wildman–Crippen LogP) is 2.47. The Bertz CT molecular complexity index is 511. The van der Waals surface area contributed by atoms with Crippen LogP contribution in [0.3, 0.4) is 0 Å². The summed E-state index contributed by atoms with van der Waals surface area (Å²) in [6, 6.07) is 9.60. The zero-order valence-electron chi connectivity index (χ0n) is 8.73. The molecule has 0 atom stereocenters. The fraction of sp³-hybridized carbons (Fsp3) is 0.250. The van der Waals surface area contributed by atoms with Crippen molar-refractivity contribution in [2.75, 3.05) is 0 Å². The molecule has 1 aliphatic carbocycles. The number of nitrogens with two attached hydrogens (primary N) is 1. The van der Waals surface area contributed by atoms with Gasteiger partial charge in [-0.1, -0.05) is 11.6 Å². The summed E-state index contributed by atoms with van der Waals surface area (Å²) in [5.74, 6) is 0. The topological polar surface area (TPSA) is 43.8 Å². The van der Waals surface area contributed by atoms with Gasteiger partial charge in [-0.25, -0.2) is 4.68 Å². The van der Waals surface area contributed by atoms with Gasteiger partial charge in [-0.15, -0.1) is 0 Å². The van der Waals surface area contributed by atoms with E-state index in [-0.39, 0.29) is 5.54 Å². The lowest BCUT2D eigenvalue weighted by molar-refractivity contribution is 0.657. The third kappa shape index (κ3) is 1.52. The summed E-state index contributed by atoms with van der Waals surface area (Å²) in [6.45, 7) is 0. The molecule has 0 amide bonds. The largest absolute Gasteiger partial charge is 0.320 e. The molecule has 0 radical (unpaired) electrons. The number of hydrogen-bond acceptors (Lipinski definition) is 2. The summed E-state index contributed by atoms with van der Waals surface area (Å²) in [4.78, 5) is 0. The van der Waals surface area contributed by atoms with Crippen molar-refractivity contribution in [2.24, 2.45) is 5.73 Å². The van der Waals surface area contributed by atoms with Crippen molar-refractivity contribution in [3.63, 3.8) is 0 Å². The summed E-state index contributed by atoms with van der Waals surface area (Å²) in [6.07, 6.45) is 3.86. The van der Waals surface area contributed by atoms with Gasteiger partial charge >= 0.3 is 0 Å². The van der Waals surface area contributed by atoms with Gasteiger partial charge in [0.15, 0.2) is 0 Å². The monoisotopic (exact) mass is 233 g/mol. The molecular weight excluding hydrogens is 222 g/mol. The van der Waals surface area contributed by atoms with Crippen LogP contribution >= 0.6 is 11.6 Å². The number of hydrogen-bond donors (Lipinski definition) is 1. The summed E-state index contributed by atoms with van der Waals surface area (Å²) < 4.78 is 1.89. The second kappa shape index (κ2) is 3.34. The first-order valence-corrected chi connectivity index (χ1v) is 5.66. The fourth-order valence-corrected chi connectivity index (χ4v) is 1.99. The van der Waals surface area contributed by atoms with Gasteiger partial charge in [-0.3, -0.25) is 0 Å². The maximum absolute atomic E-state index is 6.19. The third-order valence-electron chi connectivity index (χ3n) is 3.01. The first-order chi connectivity index (χ1) is 7.69. The highest BCUT2D eigenvalue weighted by molar-refractivity contribution is 6.30. The van der Waals surface area contributed by atoms with Gasteiger partial charge in [0.2, 0.25) is 0 Å². The summed E-state index contributed by atoms with van der Waals surface area (Å²) in [7, 11) is 0. The SMILES string of the molecule is NC1(c2ccnn2-c2ccc(Cl)cc2)CC1. The van der Waals surface area contributed by atoms with Crippen LogP contribution < -0.4 is 5.73 Å². The third-order valence-corrected chi connectivity index (χ3v) is 3.26. The van der Waals surface area contributed by atoms with Crippen molar-refractivity contribution in [2.45, 2.75) is 18.4 Å². The Morgan fingerprint density at radius 2 is 1.88 bits per heavy atom. The van der Waals surface area contributed by atoms with Crippen LogP contribution in [0.15, 0.2) is 36.5 Å². The van der Waals surface area contributed by atoms with E-state index >= 15 is 0 Å². The van der Waals surface area contributed by atoms with E-state index in [0.29, 0.717) is 0 Å². The number of halogens is 1. The second-order valence-corrected chi connectivity index (χ2v) is 4.70. The Balaban J connectivity index is 2.06. The standard InChI is InChI=1S/C12H12ClN3/c13-9-1-3-10(4-2-9)16-11(5-8-15-16)12(14)6-7-12/h1-5,8H,6-7,14H2. The van der Waals surface area contributed by atoms with Crippen LogP contribution in [-0.4, -0.2) is 9.78 Å². The first kappa shape index (κ1) is 9.87. The molecular formula is C12H12ClN3. The lowest BCUT2D eigenvalue weighted by Crippen LogP contribution is -2.22. The molecule has 1 heterocycles. The van der Waals surface area contributed by atoms with E-state index < -0.39 is 0 Å². The van der Waals surface area contributed by atoms with Gasteiger partial charge in [0.25, 0.3) is 0 Å². The molecule has 82 valence electrons. The highest BCUT2D eigenvalue weighted by atomic mass is 35.5. The molecule has 2 aromatic rings. The van der Waals surface area contributed by atoms with Crippen LogP contribution in [0.25, 0.3) is 5.69 Å². The van der Waals surface area contributed by atoms with Gasteiger partial charge in [-0.05, 0) is 43.2 Å². The normalized spacial score (nSPS) is 17.4.